The Morgan fingerprint density at radius 3 is 2.50 bits per heavy atom. The highest BCUT2D eigenvalue weighted by Gasteiger charge is 2.46. The van der Waals surface area contributed by atoms with E-state index >= 15 is 0 Å². The molecule has 2 fully saturated rings. The van der Waals surface area contributed by atoms with E-state index in [9.17, 15) is 0 Å². The summed E-state index contributed by atoms with van der Waals surface area (Å²) in [5.41, 5.74) is 4.06. The number of hydrogen-bond acceptors (Lipinski definition) is 5. The van der Waals surface area contributed by atoms with Crippen LogP contribution in [-0.4, -0.2) is 50.4 Å². The van der Waals surface area contributed by atoms with Crippen molar-refractivity contribution in [1.82, 2.24) is 9.80 Å². The molecule has 0 radical (unpaired) electrons. The van der Waals surface area contributed by atoms with Crippen molar-refractivity contribution in [3.05, 3.63) is 53.1 Å². The van der Waals surface area contributed by atoms with Crippen molar-refractivity contribution in [2.75, 3.05) is 40.6 Å². The van der Waals surface area contributed by atoms with Crippen molar-refractivity contribution >= 4 is 24.8 Å². The van der Waals surface area contributed by atoms with Crippen molar-refractivity contribution < 1.29 is 14.2 Å². The van der Waals surface area contributed by atoms with Crippen LogP contribution in [0, 0.1) is 18.8 Å². The van der Waals surface area contributed by atoms with Gasteiger partial charge in [-0.3, -0.25) is 9.80 Å². The van der Waals surface area contributed by atoms with Crippen molar-refractivity contribution in [3.8, 4) is 17.2 Å². The summed E-state index contributed by atoms with van der Waals surface area (Å²) in [5.74, 6) is 3.88. The van der Waals surface area contributed by atoms with E-state index in [4.69, 9.17) is 14.2 Å². The molecule has 3 aliphatic heterocycles. The third-order valence-corrected chi connectivity index (χ3v) is 6.65. The van der Waals surface area contributed by atoms with Gasteiger partial charge in [0.15, 0.2) is 11.5 Å². The molecule has 2 aromatic carbocycles. The second kappa shape index (κ2) is 9.23. The lowest BCUT2D eigenvalue weighted by Gasteiger charge is -2.28. The fourth-order valence-corrected chi connectivity index (χ4v) is 5.39. The van der Waals surface area contributed by atoms with Crippen LogP contribution in [0.4, 0.5) is 0 Å². The molecule has 2 aromatic rings. The van der Waals surface area contributed by atoms with Crippen LogP contribution in [0.1, 0.15) is 22.7 Å². The van der Waals surface area contributed by atoms with Crippen molar-refractivity contribution in [2.45, 2.75) is 19.5 Å². The van der Waals surface area contributed by atoms with E-state index in [2.05, 4.69) is 54.1 Å². The zero-order valence-electron chi connectivity index (χ0n) is 17.7. The first kappa shape index (κ1) is 23.0. The van der Waals surface area contributed by atoms with E-state index in [0.29, 0.717) is 18.8 Å². The second-order valence-electron chi connectivity index (χ2n) is 8.38. The molecule has 0 aromatic heterocycles. The molecule has 0 N–H and O–H groups in total. The van der Waals surface area contributed by atoms with Gasteiger partial charge in [0.2, 0.25) is 6.79 Å². The molecule has 0 aliphatic carbocycles. The molecule has 2 saturated heterocycles. The number of halogens is 2. The van der Waals surface area contributed by atoms with E-state index in [1.54, 1.807) is 7.11 Å². The summed E-state index contributed by atoms with van der Waals surface area (Å²) in [7, 11) is 4.00. The molecule has 0 bridgehead atoms. The lowest BCUT2D eigenvalue weighted by Crippen LogP contribution is -2.29. The summed E-state index contributed by atoms with van der Waals surface area (Å²) in [6.45, 7) is 6.83. The lowest BCUT2D eigenvalue weighted by atomic mass is 9.88. The minimum absolute atomic E-state index is 0. The fourth-order valence-electron chi connectivity index (χ4n) is 5.39. The normalized spacial score (nSPS) is 24.8. The zero-order chi connectivity index (χ0) is 19.3. The highest BCUT2D eigenvalue weighted by molar-refractivity contribution is 5.85. The van der Waals surface area contributed by atoms with Crippen molar-refractivity contribution in [2.24, 2.45) is 11.8 Å². The summed E-state index contributed by atoms with van der Waals surface area (Å²) < 4.78 is 16.7. The summed E-state index contributed by atoms with van der Waals surface area (Å²) in [6.07, 6.45) is 0. The van der Waals surface area contributed by atoms with Crippen LogP contribution in [0.5, 0.6) is 17.2 Å². The number of methoxy groups -OCH3 is 1. The van der Waals surface area contributed by atoms with Gasteiger partial charge in [-0.15, -0.1) is 24.8 Å². The number of hydrogen-bond donors (Lipinski definition) is 0. The standard InChI is InChI=1S/C23H28N2O3.2ClH/c1-15-6-4-5-7-18(15)23-19-13-25(12-17(19)10-24(23)2)11-16-8-21-22(28-14-27-21)9-20(16)26-3;;/h4-9,17,19,23H,10-14H2,1-3H3;2*1H/t17-,19+,23-;;/m0../s1. The van der Waals surface area contributed by atoms with Crippen LogP contribution in [0.15, 0.2) is 36.4 Å². The number of fused-ring (bicyclic) bond motifs is 2. The van der Waals surface area contributed by atoms with Crippen molar-refractivity contribution in [1.29, 1.82) is 0 Å². The maximum Gasteiger partial charge on any atom is 0.231 e. The van der Waals surface area contributed by atoms with E-state index < -0.39 is 0 Å². The molecule has 30 heavy (non-hydrogen) atoms. The van der Waals surface area contributed by atoms with Gasteiger partial charge in [0.25, 0.3) is 0 Å². The van der Waals surface area contributed by atoms with Gasteiger partial charge < -0.3 is 14.2 Å². The maximum absolute atomic E-state index is 5.63. The van der Waals surface area contributed by atoms with Crippen LogP contribution in [-0.2, 0) is 6.54 Å². The molecule has 0 spiro atoms. The average Bonchev–Trinajstić information content (AvgIpc) is 3.36. The van der Waals surface area contributed by atoms with Gasteiger partial charge in [0, 0.05) is 43.9 Å². The third kappa shape index (κ3) is 3.96. The zero-order valence-corrected chi connectivity index (χ0v) is 19.3. The monoisotopic (exact) mass is 452 g/mol. The highest BCUT2D eigenvalue weighted by atomic mass is 35.5. The minimum atomic E-state index is 0. The largest absolute Gasteiger partial charge is 0.496 e. The van der Waals surface area contributed by atoms with Crippen LogP contribution in [0.25, 0.3) is 0 Å². The molecule has 7 heteroatoms. The summed E-state index contributed by atoms with van der Waals surface area (Å²) >= 11 is 0. The molecule has 3 aliphatic rings. The predicted octanol–water partition coefficient (Wildman–Crippen LogP) is 4.31. The van der Waals surface area contributed by atoms with Gasteiger partial charge >= 0.3 is 0 Å². The number of likely N-dealkylation sites (tertiary alicyclic amines) is 2. The van der Waals surface area contributed by atoms with Gasteiger partial charge in [-0.2, -0.15) is 0 Å². The molecule has 164 valence electrons. The molecular formula is C23H30Cl2N2O3. The number of aryl methyl sites for hydroxylation is 1. The Morgan fingerprint density at radius 2 is 1.77 bits per heavy atom. The Kier molecular flexibility index (Phi) is 7.08. The summed E-state index contributed by atoms with van der Waals surface area (Å²) in [4.78, 5) is 5.13. The number of benzene rings is 2. The van der Waals surface area contributed by atoms with E-state index in [1.165, 1.54) is 23.2 Å². The topological polar surface area (TPSA) is 34.2 Å². The van der Waals surface area contributed by atoms with E-state index in [-0.39, 0.29) is 24.8 Å². The molecule has 0 amide bonds. The lowest BCUT2D eigenvalue weighted by molar-refractivity contribution is 0.173. The molecule has 5 rings (SSSR count). The van der Waals surface area contributed by atoms with Gasteiger partial charge in [-0.05, 0) is 43.0 Å². The Labute approximate surface area is 191 Å². The molecule has 3 atom stereocenters. The van der Waals surface area contributed by atoms with Crippen LogP contribution >= 0.6 is 24.8 Å². The summed E-state index contributed by atoms with van der Waals surface area (Å²) in [6, 6.07) is 13.4. The first-order valence-corrected chi connectivity index (χ1v) is 10.1. The number of ether oxygens (including phenoxy) is 3. The minimum Gasteiger partial charge on any atom is -0.496 e. The first-order valence-electron chi connectivity index (χ1n) is 10.1. The quantitative estimate of drug-likeness (QED) is 0.690. The van der Waals surface area contributed by atoms with E-state index in [0.717, 1.165) is 42.8 Å². The summed E-state index contributed by atoms with van der Waals surface area (Å²) in [5, 5.41) is 0. The predicted molar refractivity (Wildman–Crippen MR) is 122 cm³/mol. The Morgan fingerprint density at radius 1 is 1.03 bits per heavy atom. The SMILES string of the molecule is COc1cc2c(cc1CN1C[C@@H]3CN(C)[C@@H](c4ccccc4C)[C@@H]3C1)OCO2.Cl.Cl. The number of rotatable bonds is 4. The Bertz CT molecular complexity index is 895. The van der Waals surface area contributed by atoms with E-state index in [1.807, 2.05) is 6.07 Å². The number of nitrogens with zero attached hydrogens (tertiary/aromatic N) is 2. The molecular weight excluding hydrogens is 423 g/mol. The molecule has 3 heterocycles. The molecule has 0 unspecified atom stereocenters. The fraction of sp³-hybridized carbons (Fsp3) is 0.478. The van der Waals surface area contributed by atoms with Gasteiger partial charge in [-0.1, -0.05) is 24.3 Å². The maximum atomic E-state index is 5.63. The average molecular weight is 453 g/mol. The highest BCUT2D eigenvalue weighted by Crippen LogP contribution is 2.46. The Hall–Kier alpha value is -1.66. The molecule has 5 nitrogen and oxygen atoms in total. The van der Waals surface area contributed by atoms with Gasteiger partial charge in [0.05, 0.1) is 7.11 Å². The first-order chi connectivity index (χ1) is 13.6. The van der Waals surface area contributed by atoms with Crippen LogP contribution in [0.2, 0.25) is 0 Å². The van der Waals surface area contributed by atoms with Gasteiger partial charge in [-0.25, -0.2) is 0 Å². The van der Waals surface area contributed by atoms with Crippen molar-refractivity contribution in [3.63, 3.8) is 0 Å². The van der Waals surface area contributed by atoms with Gasteiger partial charge in [0.1, 0.15) is 5.75 Å². The molecule has 0 saturated carbocycles. The Balaban J connectivity index is 0.00000128. The smallest absolute Gasteiger partial charge is 0.231 e. The second-order valence-corrected chi connectivity index (χ2v) is 8.38. The van der Waals surface area contributed by atoms with Crippen LogP contribution < -0.4 is 14.2 Å². The third-order valence-electron chi connectivity index (χ3n) is 6.65. The van der Waals surface area contributed by atoms with Crippen LogP contribution in [0.3, 0.4) is 0 Å².